The van der Waals surface area contributed by atoms with E-state index in [0.29, 0.717) is 10.8 Å². The molecule has 0 fully saturated rings. The van der Waals surface area contributed by atoms with Gasteiger partial charge in [-0.1, -0.05) is 24.9 Å². The van der Waals surface area contributed by atoms with Crippen LogP contribution in [0.5, 0.6) is 0 Å². The Kier molecular flexibility index (Phi) is 3.48. The molecule has 72 valence electrons. The van der Waals surface area contributed by atoms with E-state index in [1.54, 1.807) is 4.57 Å². The van der Waals surface area contributed by atoms with Gasteiger partial charge in [0.15, 0.2) is 11.4 Å². The summed E-state index contributed by atoms with van der Waals surface area (Å²) in [5.41, 5.74) is 0.466. The predicted molar refractivity (Wildman–Crippen MR) is 52.2 cm³/mol. The van der Waals surface area contributed by atoms with Crippen molar-refractivity contribution >= 4 is 17.9 Å². The van der Waals surface area contributed by atoms with Gasteiger partial charge in [-0.05, 0) is 6.42 Å². The van der Waals surface area contributed by atoms with Crippen LogP contribution in [0.2, 0.25) is 5.15 Å². The molecule has 1 heterocycles. The second-order valence-electron chi connectivity index (χ2n) is 2.98. The van der Waals surface area contributed by atoms with E-state index < -0.39 is 0 Å². The number of aromatic nitrogens is 2. The number of unbranched alkanes of at least 4 members (excludes halogenated alkanes) is 1. The van der Waals surface area contributed by atoms with E-state index in [-0.39, 0.29) is 0 Å². The molecule has 4 heteroatoms. The first-order valence-corrected chi connectivity index (χ1v) is 4.74. The minimum atomic E-state index is 0.309. The normalized spacial score (nSPS) is 10.4. The van der Waals surface area contributed by atoms with E-state index in [0.717, 1.165) is 31.4 Å². The zero-order valence-corrected chi connectivity index (χ0v) is 8.64. The van der Waals surface area contributed by atoms with Crippen molar-refractivity contribution in [2.24, 2.45) is 7.05 Å². The lowest BCUT2D eigenvalue weighted by molar-refractivity contribution is 0.111. The number of carbonyl (C=O) groups excluding carboxylic acids is 1. The predicted octanol–water partition coefficient (Wildman–Crippen LogP) is 2.23. The monoisotopic (exact) mass is 200 g/mol. The fourth-order valence-electron chi connectivity index (χ4n) is 1.21. The maximum Gasteiger partial charge on any atom is 0.169 e. The molecule has 0 radical (unpaired) electrons. The lowest BCUT2D eigenvalue weighted by Gasteiger charge is -2.00. The number of aldehydes is 1. The maximum absolute atomic E-state index is 10.6. The van der Waals surface area contributed by atoms with Gasteiger partial charge in [-0.25, -0.2) is 4.98 Å². The molecule has 0 saturated heterocycles. The van der Waals surface area contributed by atoms with Crippen molar-refractivity contribution in [3.8, 4) is 0 Å². The number of nitrogens with zero attached hydrogens (tertiary/aromatic N) is 2. The fourth-order valence-corrected chi connectivity index (χ4v) is 1.48. The number of carbonyl (C=O) groups is 1. The van der Waals surface area contributed by atoms with Gasteiger partial charge >= 0.3 is 0 Å². The van der Waals surface area contributed by atoms with Gasteiger partial charge in [0.1, 0.15) is 11.5 Å². The highest BCUT2D eigenvalue weighted by Gasteiger charge is 2.10. The number of halogens is 1. The van der Waals surface area contributed by atoms with Gasteiger partial charge in [0.25, 0.3) is 0 Å². The number of hydrogen-bond acceptors (Lipinski definition) is 2. The first-order valence-electron chi connectivity index (χ1n) is 4.37. The second-order valence-corrected chi connectivity index (χ2v) is 3.34. The molecule has 0 aliphatic rings. The topological polar surface area (TPSA) is 34.9 Å². The molecule has 0 bridgehead atoms. The molecule has 0 N–H and O–H groups in total. The zero-order chi connectivity index (χ0) is 9.84. The molecule has 13 heavy (non-hydrogen) atoms. The molecule has 1 rings (SSSR count). The quantitative estimate of drug-likeness (QED) is 0.699. The van der Waals surface area contributed by atoms with Crippen LogP contribution in [0.3, 0.4) is 0 Å². The van der Waals surface area contributed by atoms with Crippen molar-refractivity contribution < 1.29 is 4.79 Å². The van der Waals surface area contributed by atoms with E-state index in [9.17, 15) is 4.79 Å². The van der Waals surface area contributed by atoms with Gasteiger partial charge in [0.2, 0.25) is 0 Å². The van der Waals surface area contributed by atoms with Gasteiger partial charge < -0.3 is 4.57 Å². The first-order chi connectivity index (χ1) is 6.20. The van der Waals surface area contributed by atoms with Crippen LogP contribution in [-0.2, 0) is 13.5 Å². The third kappa shape index (κ3) is 2.10. The minimum Gasteiger partial charge on any atom is -0.328 e. The van der Waals surface area contributed by atoms with E-state index in [2.05, 4.69) is 11.9 Å². The number of aryl methyl sites for hydroxylation is 1. The van der Waals surface area contributed by atoms with Crippen molar-refractivity contribution in [3.63, 3.8) is 0 Å². The van der Waals surface area contributed by atoms with Crippen LogP contribution >= 0.6 is 11.6 Å². The molecule has 0 aliphatic heterocycles. The van der Waals surface area contributed by atoms with Crippen LogP contribution in [0.15, 0.2) is 0 Å². The van der Waals surface area contributed by atoms with Crippen LogP contribution in [0, 0.1) is 0 Å². The zero-order valence-electron chi connectivity index (χ0n) is 7.88. The molecule has 0 aromatic carbocycles. The molecule has 0 saturated carbocycles. The average Bonchev–Trinajstić information content (AvgIpc) is 2.38. The molecule has 0 aliphatic carbocycles. The molecule has 1 aromatic heterocycles. The Balaban J connectivity index is 2.90. The highest BCUT2D eigenvalue weighted by molar-refractivity contribution is 6.31. The van der Waals surface area contributed by atoms with E-state index in [4.69, 9.17) is 11.6 Å². The van der Waals surface area contributed by atoms with E-state index in [1.165, 1.54) is 0 Å². The van der Waals surface area contributed by atoms with Crippen LogP contribution in [0.4, 0.5) is 0 Å². The van der Waals surface area contributed by atoms with Crippen LogP contribution < -0.4 is 0 Å². The second kappa shape index (κ2) is 4.42. The Morgan fingerprint density at radius 3 is 2.77 bits per heavy atom. The standard InChI is InChI=1S/C9H13ClN2O/c1-3-4-5-8-11-9(10)7(6-13)12(8)2/h6H,3-5H2,1-2H3. The van der Waals surface area contributed by atoms with Gasteiger partial charge in [-0.15, -0.1) is 0 Å². The van der Waals surface area contributed by atoms with Crippen molar-refractivity contribution in [1.29, 1.82) is 0 Å². The van der Waals surface area contributed by atoms with Crippen LogP contribution in [0.25, 0.3) is 0 Å². The summed E-state index contributed by atoms with van der Waals surface area (Å²) in [5, 5.41) is 0.309. The van der Waals surface area contributed by atoms with Crippen LogP contribution in [-0.4, -0.2) is 15.8 Å². The molecule has 0 spiro atoms. The van der Waals surface area contributed by atoms with E-state index >= 15 is 0 Å². The molecular weight excluding hydrogens is 188 g/mol. The molecule has 1 aromatic rings. The first kappa shape index (κ1) is 10.3. The lowest BCUT2D eigenvalue weighted by Crippen LogP contribution is -2.01. The Labute approximate surface area is 82.7 Å². The summed E-state index contributed by atoms with van der Waals surface area (Å²) in [6.07, 6.45) is 3.80. The highest BCUT2D eigenvalue weighted by Crippen LogP contribution is 2.15. The summed E-state index contributed by atoms with van der Waals surface area (Å²) in [6, 6.07) is 0. The van der Waals surface area contributed by atoms with Crippen molar-refractivity contribution in [2.75, 3.05) is 0 Å². The maximum atomic E-state index is 10.6. The summed E-state index contributed by atoms with van der Waals surface area (Å²) >= 11 is 5.77. The SMILES string of the molecule is CCCCc1nc(Cl)c(C=O)n1C. The number of hydrogen-bond donors (Lipinski definition) is 0. The minimum absolute atomic E-state index is 0.309. The number of rotatable bonds is 4. The van der Waals surface area contributed by atoms with Crippen molar-refractivity contribution in [2.45, 2.75) is 26.2 Å². The highest BCUT2D eigenvalue weighted by atomic mass is 35.5. The van der Waals surface area contributed by atoms with Crippen LogP contribution in [0.1, 0.15) is 36.1 Å². The fraction of sp³-hybridized carbons (Fsp3) is 0.556. The Morgan fingerprint density at radius 2 is 2.31 bits per heavy atom. The summed E-state index contributed by atoms with van der Waals surface area (Å²) in [7, 11) is 1.81. The van der Waals surface area contributed by atoms with Gasteiger partial charge in [-0.3, -0.25) is 4.79 Å². The number of imidazole rings is 1. The Bertz CT molecular complexity index is 307. The van der Waals surface area contributed by atoms with Gasteiger partial charge in [-0.2, -0.15) is 0 Å². The van der Waals surface area contributed by atoms with Crippen molar-refractivity contribution in [3.05, 3.63) is 16.7 Å². The van der Waals surface area contributed by atoms with Gasteiger partial charge in [0, 0.05) is 13.5 Å². The summed E-state index contributed by atoms with van der Waals surface area (Å²) in [4.78, 5) is 14.7. The summed E-state index contributed by atoms with van der Waals surface area (Å²) in [5.74, 6) is 0.883. The molecule has 0 unspecified atom stereocenters. The largest absolute Gasteiger partial charge is 0.328 e. The van der Waals surface area contributed by atoms with Gasteiger partial charge in [0.05, 0.1) is 0 Å². The average molecular weight is 201 g/mol. The lowest BCUT2D eigenvalue weighted by atomic mass is 10.2. The van der Waals surface area contributed by atoms with E-state index in [1.807, 2.05) is 7.05 Å². The summed E-state index contributed by atoms with van der Waals surface area (Å²) < 4.78 is 1.75. The molecular formula is C9H13ClN2O. The molecule has 3 nitrogen and oxygen atoms in total. The molecule has 0 amide bonds. The third-order valence-electron chi connectivity index (χ3n) is 2.05. The van der Waals surface area contributed by atoms with Crippen molar-refractivity contribution in [1.82, 2.24) is 9.55 Å². The third-order valence-corrected chi connectivity index (χ3v) is 2.33. The Hall–Kier alpha value is -0.830. The Morgan fingerprint density at radius 1 is 1.62 bits per heavy atom. The summed E-state index contributed by atoms with van der Waals surface area (Å²) in [6.45, 7) is 2.12. The molecule has 0 atom stereocenters. The smallest absolute Gasteiger partial charge is 0.169 e.